The van der Waals surface area contributed by atoms with E-state index in [0.717, 1.165) is 38.9 Å². The Labute approximate surface area is 117 Å². The largest absolute Gasteiger partial charge is 0.480 e. The summed E-state index contributed by atoms with van der Waals surface area (Å²) in [5.74, 6) is -0.0540. The van der Waals surface area contributed by atoms with Crippen LogP contribution in [-0.2, 0) is 4.79 Å². The Hall–Kier alpha value is -0.610. The third kappa shape index (κ3) is 5.91. The molecule has 0 heterocycles. The van der Waals surface area contributed by atoms with Crippen molar-refractivity contribution >= 4 is 5.97 Å². The molecule has 0 bridgehead atoms. The van der Waals surface area contributed by atoms with Crippen LogP contribution >= 0.6 is 0 Å². The van der Waals surface area contributed by atoms with Crippen molar-refractivity contribution in [3.63, 3.8) is 0 Å². The molecular formula is C15H30N2O2. The van der Waals surface area contributed by atoms with E-state index >= 15 is 0 Å². The van der Waals surface area contributed by atoms with Crippen molar-refractivity contribution in [2.75, 3.05) is 19.6 Å². The maximum Gasteiger partial charge on any atom is 0.323 e. The molecular weight excluding hydrogens is 240 g/mol. The van der Waals surface area contributed by atoms with Gasteiger partial charge in [0.25, 0.3) is 0 Å². The summed E-state index contributed by atoms with van der Waals surface area (Å²) in [7, 11) is 0. The summed E-state index contributed by atoms with van der Waals surface area (Å²) in [4.78, 5) is 13.8. The van der Waals surface area contributed by atoms with Crippen LogP contribution in [-0.4, -0.2) is 47.2 Å². The highest BCUT2D eigenvalue weighted by molar-refractivity contribution is 5.78. The van der Waals surface area contributed by atoms with E-state index in [9.17, 15) is 9.90 Å². The second kappa shape index (κ2) is 7.25. The molecule has 4 heteroatoms. The molecule has 0 spiro atoms. The Morgan fingerprint density at radius 1 is 1.47 bits per heavy atom. The Morgan fingerprint density at radius 2 is 2.11 bits per heavy atom. The first-order chi connectivity index (χ1) is 8.87. The first-order valence-corrected chi connectivity index (χ1v) is 7.61. The Morgan fingerprint density at radius 3 is 2.53 bits per heavy atom. The summed E-state index contributed by atoms with van der Waals surface area (Å²) in [6.45, 7) is 11.6. The zero-order valence-electron chi connectivity index (χ0n) is 12.9. The van der Waals surface area contributed by atoms with Gasteiger partial charge in [-0.2, -0.15) is 0 Å². The van der Waals surface area contributed by atoms with E-state index in [4.69, 9.17) is 0 Å². The summed E-state index contributed by atoms with van der Waals surface area (Å²) < 4.78 is 0. The zero-order chi connectivity index (χ0) is 14.5. The third-order valence-electron chi connectivity index (χ3n) is 3.79. The van der Waals surface area contributed by atoms with Gasteiger partial charge in [-0.25, -0.2) is 0 Å². The molecule has 1 atom stereocenters. The summed E-state index contributed by atoms with van der Waals surface area (Å²) >= 11 is 0. The second-order valence-electron chi connectivity index (χ2n) is 6.45. The van der Waals surface area contributed by atoms with Gasteiger partial charge in [0.05, 0.1) is 0 Å². The minimum absolute atomic E-state index is 0.430. The van der Waals surface area contributed by atoms with E-state index in [1.807, 2.05) is 6.92 Å². The molecule has 0 aromatic rings. The van der Waals surface area contributed by atoms with Crippen LogP contribution in [0.25, 0.3) is 0 Å². The van der Waals surface area contributed by atoms with Gasteiger partial charge >= 0.3 is 5.97 Å². The lowest BCUT2D eigenvalue weighted by Crippen LogP contribution is -2.50. The highest BCUT2D eigenvalue weighted by atomic mass is 16.4. The SMILES string of the molecule is CCN(CCCC(C)(NC1CC1)C(=O)O)CC(C)C. The monoisotopic (exact) mass is 270 g/mol. The van der Waals surface area contributed by atoms with Gasteiger partial charge in [0.2, 0.25) is 0 Å². The van der Waals surface area contributed by atoms with E-state index in [1.54, 1.807) is 0 Å². The standard InChI is InChI=1S/C15H30N2O2/c1-5-17(11-12(2)3)10-6-9-15(4,14(18)19)16-13-7-8-13/h12-13,16H,5-11H2,1-4H3,(H,18,19). The van der Waals surface area contributed by atoms with E-state index in [-0.39, 0.29) is 0 Å². The number of aliphatic carboxylic acids is 1. The number of nitrogens with one attached hydrogen (secondary N) is 1. The van der Waals surface area contributed by atoms with Crippen LogP contribution in [0.3, 0.4) is 0 Å². The van der Waals surface area contributed by atoms with E-state index in [0.29, 0.717) is 18.4 Å². The highest BCUT2D eigenvalue weighted by Crippen LogP contribution is 2.25. The number of hydrogen-bond acceptors (Lipinski definition) is 3. The minimum atomic E-state index is -0.752. The third-order valence-corrected chi connectivity index (χ3v) is 3.79. The molecule has 19 heavy (non-hydrogen) atoms. The number of carbonyl (C=O) groups is 1. The molecule has 1 aliphatic rings. The predicted octanol–water partition coefficient (Wildman–Crippen LogP) is 2.34. The lowest BCUT2D eigenvalue weighted by atomic mass is 9.95. The maximum atomic E-state index is 11.4. The van der Waals surface area contributed by atoms with Gasteiger partial charge in [-0.3, -0.25) is 10.1 Å². The van der Waals surface area contributed by atoms with E-state index in [2.05, 4.69) is 31.0 Å². The molecule has 2 N–H and O–H groups in total. The summed E-state index contributed by atoms with van der Waals surface area (Å²) in [5.41, 5.74) is -0.752. The predicted molar refractivity (Wildman–Crippen MR) is 78.4 cm³/mol. The average molecular weight is 270 g/mol. The lowest BCUT2D eigenvalue weighted by molar-refractivity contribution is -0.144. The summed E-state index contributed by atoms with van der Waals surface area (Å²) in [5, 5.41) is 12.7. The minimum Gasteiger partial charge on any atom is -0.480 e. The maximum absolute atomic E-state index is 11.4. The van der Waals surface area contributed by atoms with Crippen LogP contribution in [0.5, 0.6) is 0 Å². The number of carboxylic acid groups (broad SMARTS) is 1. The molecule has 0 aromatic heterocycles. The molecule has 1 saturated carbocycles. The number of nitrogens with zero attached hydrogens (tertiary/aromatic N) is 1. The van der Waals surface area contributed by atoms with Crippen LogP contribution < -0.4 is 5.32 Å². The molecule has 0 aromatic carbocycles. The second-order valence-corrected chi connectivity index (χ2v) is 6.45. The van der Waals surface area contributed by atoms with Crippen molar-refractivity contribution in [2.45, 2.75) is 65.0 Å². The summed E-state index contributed by atoms with van der Waals surface area (Å²) in [6, 6.07) is 0.430. The first-order valence-electron chi connectivity index (χ1n) is 7.61. The van der Waals surface area contributed by atoms with Crippen LogP contribution in [0.1, 0.15) is 53.4 Å². The van der Waals surface area contributed by atoms with Gasteiger partial charge in [0.15, 0.2) is 0 Å². The smallest absolute Gasteiger partial charge is 0.323 e. The zero-order valence-corrected chi connectivity index (χ0v) is 12.9. The normalized spacial score (nSPS) is 18.8. The molecule has 112 valence electrons. The Kier molecular flexibility index (Phi) is 6.27. The molecule has 1 unspecified atom stereocenters. The molecule has 0 aliphatic heterocycles. The molecule has 1 fully saturated rings. The van der Waals surface area contributed by atoms with Gasteiger partial charge < -0.3 is 10.0 Å². The molecule has 4 nitrogen and oxygen atoms in total. The highest BCUT2D eigenvalue weighted by Gasteiger charge is 2.37. The summed E-state index contributed by atoms with van der Waals surface area (Å²) in [6.07, 6.45) is 3.88. The Bertz CT molecular complexity index is 290. The molecule has 1 aliphatic carbocycles. The quantitative estimate of drug-likeness (QED) is 0.640. The first kappa shape index (κ1) is 16.4. The van der Waals surface area contributed by atoms with Crippen LogP contribution in [0.15, 0.2) is 0 Å². The lowest BCUT2D eigenvalue weighted by Gasteiger charge is -2.28. The fourth-order valence-corrected chi connectivity index (χ4v) is 2.47. The van der Waals surface area contributed by atoms with E-state index < -0.39 is 11.5 Å². The van der Waals surface area contributed by atoms with Crippen molar-refractivity contribution in [1.82, 2.24) is 10.2 Å². The van der Waals surface area contributed by atoms with Crippen LogP contribution in [0, 0.1) is 5.92 Å². The molecule has 0 saturated heterocycles. The average Bonchev–Trinajstić information content (AvgIpc) is 3.10. The van der Waals surface area contributed by atoms with E-state index in [1.165, 1.54) is 0 Å². The van der Waals surface area contributed by atoms with Gasteiger partial charge in [-0.1, -0.05) is 20.8 Å². The molecule has 0 radical (unpaired) electrons. The molecule has 1 rings (SSSR count). The van der Waals surface area contributed by atoms with Crippen LogP contribution in [0.4, 0.5) is 0 Å². The van der Waals surface area contributed by atoms with Crippen molar-refractivity contribution in [1.29, 1.82) is 0 Å². The fraction of sp³-hybridized carbons (Fsp3) is 0.933. The van der Waals surface area contributed by atoms with Gasteiger partial charge in [-0.15, -0.1) is 0 Å². The number of carboxylic acids is 1. The number of hydrogen-bond donors (Lipinski definition) is 2. The van der Waals surface area contributed by atoms with Gasteiger partial charge in [0.1, 0.15) is 5.54 Å². The Balaban J connectivity index is 2.36. The van der Waals surface area contributed by atoms with Crippen molar-refractivity contribution in [2.24, 2.45) is 5.92 Å². The topological polar surface area (TPSA) is 52.6 Å². The van der Waals surface area contributed by atoms with Crippen LogP contribution in [0.2, 0.25) is 0 Å². The van der Waals surface area contributed by atoms with Gasteiger partial charge in [-0.05, 0) is 51.6 Å². The van der Waals surface area contributed by atoms with Crippen molar-refractivity contribution in [3.05, 3.63) is 0 Å². The number of rotatable bonds is 10. The fourth-order valence-electron chi connectivity index (χ4n) is 2.47. The van der Waals surface area contributed by atoms with Crippen molar-refractivity contribution < 1.29 is 9.90 Å². The molecule has 0 amide bonds. The van der Waals surface area contributed by atoms with Crippen molar-refractivity contribution in [3.8, 4) is 0 Å². The van der Waals surface area contributed by atoms with Gasteiger partial charge in [0, 0.05) is 12.6 Å².